The van der Waals surface area contributed by atoms with E-state index in [1.54, 1.807) is 11.0 Å². The molecule has 1 aromatic carbocycles. The number of nitrogens with zero attached hydrogens (tertiary/aromatic N) is 4. The minimum atomic E-state index is -4.78. The van der Waals surface area contributed by atoms with Crippen LogP contribution in [0, 0.1) is 0 Å². The Morgan fingerprint density at radius 3 is 2.39 bits per heavy atom. The molecule has 0 atom stereocenters. The Balaban J connectivity index is 1.61. The van der Waals surface area contributed by atoms with E-state index in [9.17, 15) is 18.0 Å². The molecule has 10 heteroatoms. The summed E-state index contributed by atoms with van der Waals surface area (Å²) in [5, 5.41) is 0. The lowest BCUT2D eigenvalue weighted by molar-refractivity contribution is -0.274. The summed E-state index contributed by atoms with van der Waals surface area (Å²) in [5.41, 5.74) is -0.749. The van der Waals surface area contributed by atoms with E-state index in [1.165, 1.54) is 24.6 Å². The van der Waals surface area contributed by atoms with E-state index in [-0.39, 0.29) is 11.8 Å². The molecular formula is C26H35F3N4O3. The minimum absolute atomic E-state index is 0.305. The highest BCUT2D eigenvalue weighted by molar-refractivity contribution is 6.14. The van der Waals surface area contributed by atoms with Crippen molar-refractivity contribution >= 4 is 17.8 Å². The fraction of sp³-hybridized carbons (Fsp3) is 0.654. The SMILES string of the molecule is CN(C1=NC(c2cccc(OC(F)(F)F)c2)=NC12CCN(C(=O)OC(C)(C)C)CC2)C1CCCCC1. The summed E-state index contributed by atoms with van der Waals surface area (Å²) in [7, 11) is 2.04. The Morgan fingerprint density at radius 2 is 1.78 bits per heavy atom. The van der Waals surface area contributed by atoms with Gasteiger partial charge in [0.2, 0.25) is 0 Å². The van der Waals surface area contributed by atoms with Crippen molar-refractivity contribution in [1.29, 1.82) is 0 Å². The summed E-state index contributed by atoms with van der Waals surface area (Å²) >= 11 is 0. The van der Waals surface area contributed by atoms with Crippen LogP contribution >= 0.6 is 0 Å². The van der Waals surface area contributed by atoms with E-state index in [4.69, 9.17) is 14.7 Å². The Labute approximate surface area is 210 Å². The molecule has 1 amide bonds. The van der Waals surface area contributed by atoms with E-state index in [1.807, 2.05) is 27.8 Å². The number of amides is 1. The van der Waals surface area contributed by atoms with Crippen molar-refractivity contribution in [2.24, 2.45) is 9.98 Å². The van der Waals surface area contributed by atoms with Gasteiger partial charge in [-0.15, -0.1) is 13.2 Å². The number of carbonyl (C=O) groups excluding carboxylic acids is 1. The van der Waals surface area contributed by atoms with Gasteiger partial charge in [0, 0.05) is 31.7 Å². The van der Waals surface area contributed by atoms with Crippen molar-refractivity contribution in [3.8, 4) is 5.75 Å². The molecule has 1 aliphatic carbocycles. The number of hydrogen-bond acceptors (Lipinski definition) is 6. The average Bonchev–Trinajstić information content (AvgIpc) is 3.16. The summed E-state index contributed by atoms with van der Waals surface area (Å²) in [6.45, 7) is 6.43. The molecule has 0 aromatic heterocycles. The number of alkyl halides is 3. The molecule has 2 aliphatic heterocycles. The third-order valence-electron chi connectivity index (χ3n) is 6.97. The molecule has 1 spiro atoms. The summed E-state index contributed by atoms with van der Waals surface area (Å²) in [4.78, 5) is 26.5. The monoisotopic (exact) mass is 508 g/mol. The van der Waals surface area contributed by atoms with Gasteiger partial charge in [0.05, 0.1) is 0 Å². The van der Waals surface area contributed by atoms with Gasteiger partial charge in [-0.2, -0.15) is 0 Å². The van der Waals surface area contributed by atoms with Crippen molar-refractivity contribution in [3.05, 3.63) is 29.8 Å². The average molecular weight is 509 g/mol. The van der Waals surface area contributed by atoms with Crippen LogP contribution in [0.3, 0.4) is 0 Å². The maximum Gasteiger partial charge on any atom is 0.573 e. The molecule has 4 rings (SSSR count). The molecular weight excluding hydrogens is 473 g/mol. The van der Waals surface area contributed by atoms with Gasteiger partial charge in [0.25, 0.3) is 0 Å². The lowest BCUT2D eigenvalue weighted by Gasteiger charge is -2.43. The van der Waals surface area contributed by atoms with Crippen LogP contribution in [0.15, 0.2) is 34.3 Å². The zero-order valence-corrected chi connectivity index (χ0v) is 21.4. The van der Waals surface area contributed by atoms with Crippen molar-refractivity contribution in [2.75, 3.05) is 20.1 Å². The Bertz CT molecular complexity index is 1020. The maximum atomic E-state index is 12.8. The number of amidine groups is 2. The first kappa shape index (κ1) is 26.3. The van der Waals surface area contributed by atoms with E-state index < -0.39 is 17.5 Å². The number of aliphatic imine (C=N–C) groups is 2. The van der Waals surface area contributed by atoms with Gasteiger partial charge >= 0.3 is 12.5 Å². The smallest absolute Gasteiger partial charge is 0.444 e. The second kappa shape index (κ2) is 9.94. The molecule has 1 saturated heterocycles. The van der Waals surface area contributed by atoms with Crippen molar-refractivity contribution in [3.63, 3.8) is 0 Å². The van der Waals surface area contributed by atoms with Crippen LogP contribution < -0.4 is 4.74 Å². The fourth-order valence-electron chi connectivity index (χ4n) is 5.21. The lowest BCUT2D eigenvalue weighted by Crippen LogP contribution is -2.55. The Hall–Kier alpha value is -2.78. The van der Waals surface area contributed by atoms with Gasteiger partial charge in [-0.3, -0.25) is 4.99 Å². The van der Waals surface area contributed by atoms with Crippen molar-refractivity contribution in [1.82, 2.24) is 9.80 Å². The number of rotatable bonds is 3. The van der Waals surface area contributed by atoms with E-state index >= 15 is 0 Å². The van der Waals surface area contributed by atoms with Crippen LogP contribution in [0.5, 0.6) is 5.75 Å². The predicted octanol–water partition coefficient (Wildman–Crippen LogP) is 5.78. The largest absolute Gasteiger partial charge is 0.573 e. The third kappa shape index (κ3) is 6.13. The van der Waals surface area contributed by atoms with Crippen LogP contribution in [0.2, 0.25) is 0 Å². The van der Waals surface area contributed by atoms with Gasteiger partial charge in [0.15, 0.2) is 5.84 Å². The first-order valence-corrected chi connectivity index (χ1v) is 12.6. The zero-order chi connectivity index (χ0) is 26.1. The second-order valence-corrected chi connectivity index (χ2v) is 10.8. The van der Waals surface area contributed by atoms with Crippen LogP contribution in [0.25, 0.3) is 0 Å². The summed E-state index contributed by atoms with van der Waals surface area (Å²) in [5.74, 6) is 0.919. The van der Waals surface area contributed by atoms with Gasteiger partial charge < -0.3 is 19.3 Å². The maximum absolute atomic E-state index is 12.8. The van der Waals surface area contributed by atoms with Gasteiger partial charge in [-0.1, -0.05) is 31.4 Å². The molecule has 36 heavy (non-hydrogen) atoms. The normalized spacial score (nSPS) is 20.7. The number of ether oxygens (including phenoxy) is 2. The topological polar surface area (TPSA) is 66.7 Å². The van der Waals surface area contributed by atoms with Crippen molar-refractivity contribution < 1.29 is 27.4 Å². The number of likely N-dealkylation sites (tertiary alicyclic amines) is 1. The van der Waals surface area contributed by atoms with E-state index in [2.05, 4.69) is 9.64 Å². The fourth-order valence-corrected chi connectivity index (χ4v) is 5.21. The summed E-state index contributed by atoms with van der Waals surface area (Å²) in [6, 6.07) is 6.13. The Morgan fingerprint density at radius 1 is 1.11 bits per heavy atom. The molecule has 198 valence electrons. The highest BCUT2D eigenvalue weighted by Gasteiger charge is 2.47. The molecule has 3 aliphatic rings. The van der Waals surface area contributed by atoms with Gasteiger partial charge in [-0.25, -0.2) is 9.79 Å². The summed E-state index contributed by atoms with van der Waals surface area (Å²) in [6.07, 6.45) is 1.67. The molecule has 7 nitrogen and oxygen atoms in total. The summed E-state index contributed by atoms with van der Waals surface area (Å²) < 4.78 is 48.0. The van der Waals surface area contributed by atoms with E-state index in [0.717, 1.165) is 31.5 Å². The molecule has 2 fully saturated rings. The highest BCUT2D eigenvalue weighted by atomic mass is 19.4. The minimum Gasteiger partial charge on any atom is -0.444 e. The first-order valence-electron chi connectivity index (χ1n) is 12.6. The highest BCUT2D eigenvalue weighted by Crippen LogP contribution is 2.37. The van der Waals surface area contributed by atoms with Gasteiger partial charge in [0.1, 0.15) is 22.7 Å². The molecule has 0 N–H and O–H groups in total. The number of piperidine rings is 1. The lowest BCUT2D eigenvalue weighted by atomic mass is 9.85. The first-order chi connectivity index (χ1) is 16.9. The number of halogens is 3. The van der Waals surface area contributed by atoms with Crippen molar-refractivity contribution in [2.45, 2.75) is 89.3 Å². The third-order valence-corrected chi connectivity index (χ3v) is 6.97. The van der Waals surface area contributed by atoms with Crippen LogP contribution in [0.1, 0.15) is 71.3 Å². The standard InChI is InChI=1S/C26H35F3N4O3/c1-24(2,3)36-23(34)33-15-13-25(14-16-33)22(32(4)19-10-6-5-7-11-19)30-21(31-25)18-9-8-12-20(17-18)35-26(27,28)29/h8-9,12,17,19H,5-7,10-11,13-16H2,1-4H3. The number of benzene rings is 1. The molecule has 0 unspecified atom stereocenters. The zero-order valence-electron chi connectivity index (χ0n) is 21.4. The quantitative estimate of drug-likeness (QED) is 0.519. The second-order valence-electron chi connectivity index (χ2n) is 10.8. The predicted molar refractivity (Wildman–Crippen MR) is 132 cm³/mol. The molecule has 0 bridgehead atoms. The molecule has 2 heterocycles. The molecule has 0 radical (unpaired) electrons. The van der Waals surface area contributed by atoms with Crippen LogP contribution in [-0.4, -0.2) is 71.2 Å². The van der Waals surface area contributed by atoms with Crippen LogP contribution in [-0.2, 0) is 4.74 Å². The number of likely N-dealkylation sites (N-methyl/N-ethyl adjacent to an activating group) is 1. The van der Waals surface area contributed by atoms with E-state index in [0.29, 0.717) is 43.4 Å². The number of hydrogen-bond donors (Lipinski definition) is 0. The Kier molecular flexibility index (Phi) is 7.26. The molecule has 1 saturated carbocycles. The van der Waals surface area contributed by atoms with Crippen LogP contribution in [0.4, 0.5) is 18.0 Å². The van der Waals surface area contributed by atoms with Gasteiger partial charge in [-0.05, 0) is 58.6 Å². The number of carbonyl (C=O) groups is 1. The molecule has 1 aromatic rings.